The number of hydrogen-bond acceptors (Lipinski definition) is 5. The lowest BCUT2D eigenvalue weighted by molar-refractivity contribution is -0.0172. The lowest BCUT2D eigenvalue weighted by Crippen LogP contribution is -2.38. The van der Waals surface area contributed by atoms with Crippen LogP contribution in [0.3, 0.4) is 0 Å². The molecule has 4 heterocycles. The maximum absolute atomic E-state index is 13.3. The lowest BCUT2D eigenvalue weighted by Gasteiger charge is -2.35. The summed E-state index contributed by atoms with van der Waals surface area (Å²) in [7, 11) is 0. The SMILES string of the molecule is C=C1OCc2c(cc3n(c2=O)Cc2cc4c(OC(C)(C)C)cccc4nc2-3)[C@@]1(O)CC. The Balaban J connectivity index is 1.72. The van der Waals surface area contributed by atoms with Crippen LogP contribution in [0.5, 0.6) is 5.75 Å². The molecule has 3 aromatic rings. The zero-order valence-electron chi connectivity index (χ0n) is 18.3. The molecule has 2 aliphatic rings. The van der Waals surface area contributed by atoms with Crippen molar-refractivity contribution in [1.82, 2.24) is 9.55 Å². The number of hydrogen-bond donors (Lipinski definition) is 1. The van der Waals surface area contributed by atoms with Crippen molar-refractivity contribution in [2.75, 3.05) is 0 Å². The molecule has 1 aromatic carbocycles. The molecule has 6 nitrogen and oxygen atoms in total. The first kappa shape index (κ1) is 19.8. The van der Waals surface area contributed by atoms with Crippen molar-refractivity contribution < 1.29 is 14.6 Å². The minimum Gasteiger partial charge on any atom is -0.490 e. The van der Waals surface area contributed by atoms with E-state index >= 15 is 0 Å². The molecule has 0 spiro atoms. The van der Waals surface area contributed by atoms with Crippen LogP contribution in [-0.2, 0) is 23.5 Å². The highest BCUT2D eigenvalue weighted by atomic mass is 16.5. The van der Waals surface area contributed by atoms with E-state index in [0.717, 1.165) is 27.9 Å². The van der Waals surface area contributed by atoms with E-state index < -0.39 is 5.60 Å². The third-order valence-electron chi connectivity index (χ3n) is 6.09. The number of rotatable bonds is 2. The quantitative estimate of drug-likeness (QED) is 0.527. The fourth-order valence-corrected chi connectivity index (χ4v) is 4.51. The number of nitrogens with zero attached hydrogens (tertiary/aromatic N) is 2. The van der Waals surface area contributed by atoms with Gasteiger partial charge < -0.3 is 19.1 Å². The number of aliphatic hydroxyl groups is 1. The Morgan fingerprint density at radius 1 is 1.32 bits per heavy atom. The molecule has 0 aliphatic carbocycles. The highest BCUT2D eigenvalue weighted by Gasteiger charge is 2.41. The molecule has 0 radical (unpaired) electrons. The van der Waals surface area contributed by atoms with E-state index in [2.05, 4.69) is 12.6 Å². The first-order valence-electron chi connectivity index (χ1n) is 10.6. The molecule has 0 saturated heterocycles. The number of pyridine rings is 2. The predicted molar refractivity (Wildman–Crippen MR) is 119 cm³/mol. The van der Waals surface area contributed by atoms with Crippen molar-refractivity contribution in [2.45, 2.75) is 58.5 Å². The number of benzene rings is 1. The standard InChI is InChI=1S/C25H26N2O4/c1-6-25(29)14(2)30-13-17-18(25)11-20-22-15(12-27(20)23(17)28)10-16-19(26-22)8-7-9-21(16)31-24(3,4)5/h7-11,29H,2,6,12-13H2,1,3-5H3/t25-/m1/s1. The molecule has 6 heteroatoms. The molecular weight excluding hydrogens is 392 g/mol. The molecule has 2 aromatic heterocycles. The van der Waals surface area contributed by atoms with E-state index in [1.165, 1.54) is 0 Å². The van der Waals surface area contributed by atoms with Crippen LogP contribution >= 0.6 is 0 Å². The van der Waals surface area contributed by atoms with Crippen LogP contribution in [0.4, 0.5) is 0 Å². The highest BCUT2D eigenvalue weighted by molar-refractivity contribution is 5.89. The topological polar surface area (TPSA) is 73.6 Å². The van der Waals surface area contributed by atoms with Crippen LogP contribution in [0.2, 0.25) is 0 Å². The summed E-state index contributed by atoms with van der Waals surface area (Å²) in [6.45, 7) is 12.3. The maximum atomic E-state index is 13.3. The fourth-order valence-electron chi connectivity index (χ4n) is 4.51. The molecule has 0 bridgehead atoms. The summed E-state index contributed by atoms with van der Waals surface area (Å²) in [5.41, 5.74) is 2.42. The van der Waals surface area contributed by atoms with E-state index in [1.54, 1.807) is 4.57 Å². The normalized spacial score (nSPS) is 19.6. The van der Waals surface area contributed by atoms with Crippen LogP contribution in [0.25, 0.3) is 22.3 Å². The molecular formula is C25H26N2O4. The van der Waals surface area contributed by atoms with E-state index in [1.807, 2.05) is 52.0 Å². The third kappa shape index (κ3) is 2.89. The Morgan fingerprint density at radius 3 is 2.81 bits per heavy atom. The van der Waals surface area contributed by atoms with Gasteiger partial charge in [-0.1, -0.05) is 19.6 Å². The second-order valence-electron chi connectivity index (χ2n) is 9.27. The molecule has 31 heavy (non-hydrogen) atoms. The summed E-state index contributed by atoms with van der Waals surface area (Å²) >= 11 is 0. The molecule has 0 fully saturated rings. The maximum Gasteiger partial charge on any atom is 0.258 e. The first-order chi connectivity index (χ1) is 14.6. The van der Waals surface area contributed by atoms with Gasteiger partial charge in [-0.15, -0.1) is 0 Å². The molecule has 1 atom stereocenters. The van der Waals surface area contributed by atoms with Gasteiger partial charge in [0.2, 0.25) is 0 Å². The zero-order valence-corrected chi connectivity index (χ0v) is 18.3. The smallest absolute Gasteiger partial charge is 0.258 e. The van der Waals surface area contributed by atoms with Crippen molar-refractivity contribution >= 4 is 10.9 Å². The van der Waals surface area contributed by atoms with E-state index in [0.29, 0.717) is 29.8 Å². The minimum absolute atomic E-state index is 0.116. The Bertz CT molecular complexity index is 1320. The largest absolute Gasteiger partial charge is 0.490 e. The summed E-state index contributed by atoms with van der Waals surface area (Å²) < 4.78 is 13.4. The average Bonchev–Trinajstić information content (AvgIpc) is 3.07. The van der Waals surface area contributed by atoms with Crippen molar-refractivity contribution in [3.63, 3.8) is 0 Å². The second-order valence-corrected chi connectivity index (χ2v) is 9.27. The van der Waals surface area contributed by atoms with Crippen molar-refractivity contribution in [2.24, 2.45) is 0 Å². The Labute approximate surface area is 180 Å². The third-order valence-corrected chi connectivity index (χ3v) is 6.09. The molecule has 5 rings (SSSR count). The van der Waals surface area contributed by atoms with Crippen LogP contribution in [0.15, 0.2) is 47.5 Å². The molecule has 0 unspecified atom stereocenters. The van der Waals surface area contributed by atoms with Crippen LogP contribution in [0.1, 0.15) is 50.8 Å². The molecule has 1 N–H and O–H groups in total. The second kappa shape index (κ2) is 6.44. The number of fused-ring (bicyclic) bond motifs is 5. The molecule has 160 valence electrons. The van der Waals surface area contributed by atoms with Gasteiger partial charge >= 0.3 is 0 Å². The van der Waals surface area contributed by atoms with Crippen LogP contribution in [0, 0.1) is 0 Å². The average molecular weight is 418 g/mol. The van der Waals surface area contributed by atoms with Gasteiger partial charge in [0.25, 0.3) is 5.56 Å². The fraction of sp³-hybridized carbons (Fsp3) is 0.360. The van der Waals surface area contributed by atoms with Crippen LogP contribution < -0.4 is 10.3 Å². The minimum atomic E-state index is -1.38. The summed E-state index contributed by atoms with van der Waals surface area (Å²) in [5, 5.41) is 12.1. The van der Waals surface area contributed by atoms with Crippen molar-refractivity contribution in [1.29, 1.82) is 0 Å². The van der Waals surface area contributed by atoms with Gasteiger partial charge in [0.05, 0.1) is 29.0 Å². The summed E-state index contributed by atoms with van der Waals surface area (Å²) in [4.78, 5) is 18.2. The Kier molecular flexibility index (Phi) is 4.12. The first-order valence-corrected chi connectivity index (χ1v) is 10.6. The molecule has 0 saturated carbocycles. The molecule has 2 aliphatic heterocycles. The Hall–Kier alpha value is -3.12. The van der Waals surface area contributed by atoms with Crippen LogP contribution in [-0.4, -0.2) is 20.3 Å². The van der Waals surface area contributed by atoms with Crippen molar-refractivity contribution in [3.05, 3.63) is 69.7 Å². The lowest BCUT2D eigenvalue weighted by atomic mass is 9.84. The zero-order chi connectivity index (χ0) is 22.1. The van der Waals surface area contributed by atoms with Gasteiger partial charge in [-0.2, -0.15) is 0 Å². The van der Waals surface area contributed by atoms with Gasteiger partial charge in [0, 0.05) is 16.5 Å². The highest BCUT2D eigenvalue weighted by Crippen LogP contribution is 2.42. The monoisotopic (exact) mass is 418 g/mol. The predicted octanol–water partition coefficient (Wildman–Crippen LogP) is 4.24. The van der Waals surface area contributed by atoms with Gasteiger partial charge in [-0.25, -0.2) is 4.98 Å². The Morgan fingerprint density at radius 2 is 2.10 bits per heavy atom. The number of aromatic nitrogens is 2. The van der Waals surface area contributed by atoms with E-state index in [4.69, 9.17) is 14.5 Å². The van der Waals surface area contributed by atoms with Crippen molar-refractivity contribution in [3.8, 4) is 17.1 Å². The van der Waals surface area contributed by atoms with Gasteiger partial charge in [-0.3, -0.25) is 4.79 Å². The van der Waals surface area contributed by atoms with Gasteiger partial charge in [0.15, 0.2) is 0 Å². The van der Waals surface area contributed by atoms with E-state index in [-0.39, 0.29) is 23.5 Å². The summed E-state index contributed by atoms with van der Waals surface area (Å²) in [6, 6.07) is 9.76. The molecule has 0 amide bonds. The van der Waals surface area contributed by atoms with Gasteiger partial charge in [0.1, 0.15) is 29.3 Å². The van der Waals surface area contributed by atoms with Gasteiger partial charge in [-0.05, 0) is 51.5 Å². The van der Waals surface area contributed by atoms with E-state index in [9.17, 15) is 9.90 Å². The summed E-state index contributed by atoms with van der Waals surface area (Å²) in [6.07, 6.45) is 0.368. The summed E-state index contributed by atoms with van der Waals surface area (Å²) in [5.74, 6) is 1.05. The number of ether oxygens (including phenoxy) is 2.